The van der Waals surface area contributed by atoms with E-state index >= 15 is 0 Å². The van der Waals surface area contributed by atoms with Crippen LogP contribution in [0.3, 0.4) is 0 Å². The Balaban J connectivity index is 2.03. The molecule has 0 bridgehead atoms. The second-order valence-electron chi connectivity index (χ2n) is 6.00. The third-order valence-electron chi connectivity index (χ3n) is 3.97. The zero-order valence-electron chi connectivity index (χ0n) is 12.9. The van der Waals surface area contributed by atoms with Crippen LogP contribution in [-0.2, 0) is 12.8 Å². The van der Waals surface area contributed by atoms with Crippen LogP contribution < -0.4 is 5.73 Å². The molecule has 0 aliphatic heterocycles. The fourth-order valence-electron chi connectivity index (χ4n) is 2.59. The van der Waals surface area contributed by atoms with Crippen LogP contribution in [0.2, 0.25) is 0 Å². The summed E-state index contributed by atoms with van der Waals surface area (Å²) >= 11 is 0. The molecule has 1 nitrogen and oxygen atoms in total. The highest BCUT2D eigenvalue weighted by Gasteiger charge is 2.12. The van der Waals surface area contributed by atoms with Gasteiger partial charge in [-0.2, -0.15) is 0 Å². The van der Waals surface area contributed by atoms with Crippen molar-refractivity contribution in [3.05, 3.63) is 71.0 Å². The first-order chi connectivity index (χ1) is 10.1. The third kappa shape index (κ3) is 4.40. The molecular weight excluding hydrogens is 261 g/mol. The summed E-state index contributed by atoms with van der Waals surface area (Å²) in [4.78, 5) is 0. The Bertz CT molecular complexity index is 560. The van der Waals surface area contributed by atoms with Crippen molar-refractivity contribution in [2.75, 3.05) is 6.54 Å². The fraction of sp³-hybridized carbons (Fsp3) is 0.368. The molecule has 0 aromatic heterocycles. The Kier molecular flexibility index (Phi) is 5.51. The first-order valence-corrected chi connectivity index (χ1v) is 7.62. The molecule has 112 valence electrons. The van der Waals surface area contributed by atoms with Gasteiger partial charge in [-0.1, -0.05) is 56.3 Å². The third-order valence-corrected chi connectivity index (χ3v) is 3.97. The highest BCUT2D eigenvalue weighted by molar-refractivity contribution is 5.25. The van der Waals surface area contributed by atoms with Gasteiger partial charge in [0.1, 0.15) is 5.82 Å². The van der Waals surface area contributed by atoms with Crippen LogP contribution >= 0.6 is 0 Å². The van der Waals surface area contributed by atoms with Gasteiger partial charge in [0, 0.05) is 0 Å². The summed E-state index contributed by atoms with van der Waals surface area (Å²) in [5.74, 6) is 0.681. The van der Waals surface area contributed by atoms with E-state index in [0.717, 1.165) is 12.0 Å². The summed E-state index contributed by atoms with van der Waals surface area (Å²) in [6.45, 7) is 4.95. The maximum absolute atomic E-state index is 13.7. The summed E-state index contributed by atoms with van der Waals surface area (Å²) < 4.78 is 13.7. The average Bonchev–Trinajstić information content (AvgIpc) is 2.49. The lowest BCUT2D eigenvalue weighted by molar-refractivity contribution is 0.512. The summed E-state index contributed by atoms with van der Waals surface area (Å²) in [6.07, 6.45) is 1.58. The van der Waals surface area contributed by atoms with E-state index in [4.69, 9.17) is 5.73 Å². The second kappa shape index (κ2) is 7.37. The molecule has 1 unspecified atom stereocenters. The lowest BCUT2D eigenvalue weighted by Gasteiger charge is -2.16. The Hall–Kier alpha value is -1.67. The van der Waals surface area contributed by atoms with Crippen molar-refractivity contribution in [3.63, 3.8) is 0 Å². The Morgan fingerprint density at radius 2 is 1.62 bits per heavy atom. The van der Waals surface area contributed by atoms with Crippen LogP contribution in [0.5, 0.6) is 0 Å². The van der Waals surface area contributed by atoms with Crippen LogP contribution in [0.1, 0.15) is 36.5 Å². The molecule has 0 fully saturated rings. The number of nitrogens with two attached hydrogens (primary N) is 1. The summed E-state index contributed by atoms with van der Waals surface area (Å²) in [5, 5.41) is 0. The molecule has 0 aliphatic rings. The van der Waals surface area contributed by atoms with Gasteiger partial charge in [-0.05, 0) is 54.0 Å². The number of rotatable bonds is 6. The summed E-state index contributed by atoms with van der Waals surface area (Å²) in [7, 11) is 0. The highest BCUT2D eigenvalue weighted by atomic mass is 19.1. The van der Waals surface area contributed by atoms with Crippen molar-refractivity contribution in [3.8, 4) is 0 Å². The maximum atomic E-state index is 13.7. The van der Waals surface area contributed by atoms with Gasteiger partial charge in [0.05, 0.1) is 0 Å². The highest BCUT2D eigenvalue weighted by Crippen LogP contribution is 2.19. The predicted octanol–water partition coefficient (Wildman–Crippen LogP) is 4.31. The molecule has 0 heterocycles. The van der Waals surface area contributed by atoms with E-state index < -0.39 is 0 Å². The van der Waals surface area contributed by atoms with Crippen molar-refractivity contribution in [1.82, 2.24) is 0 Å². The van der Waals surface area contributed by atoms with Gasteiger partial charge in [0.15, 0.2) is 0 Å². The van der Waals surface area contributed by atoms with Crippen LogP contribution in [0.15, 0.2) is 48.5 Å². The lowest BCUT2D eigenvalue weighted by Crippen LogP contribution is -2.20. The second-order valence-corrected chi connectivity index (χ2v) is 6.00. The molecule has 1 atom stereocenters. The minimum absolute atomic E-state index is 0.133. The van der Waals surface area contributed by atoms with Crippen molar-refractivity contribution in [2.45, 2.75) is 32.6 Å². The van der Waals surface area contributed by atoms with E-state index in [2.05, 4.69) is 38.1 Å². The Morgan fingerprint density at radius 1 is 0.952 bits per heavy atom. The molecular formula is C19H24FN. The van der Waals surface area contributed by atoms with Gasteiger partial charge in [-0.15, -0.1) is 0 Å². The lowest BCUT2D eigenvalue weighted by atomic mass is 9.91. The largest absolute Gasteiger partial charge is 0.330 e. The first-order valence-electron chi connectivity index (χ1n) is 7.62. The molecule has 21 heavy (non-hydrogen) atoms. The van der Waals surface area contributed by atoms with Crippen LogP contribution in [0.4, 0.5) is 4.39 Å². The van der Waals surface area contributed by atoms with Gasteiger partial charge in [-0.3, -0.25) is 0 Å². The molecule has 0 saturated heterocycles. The normalized spacial score (nSPS) is 12.6. The molecule has 0 amide bonds. The number of halogens is 1. The van der Waals surface area contributed by atoms with Crippen molar-refractivity contribution in [2.24, 2.45) is 11.7 Å². The minimum atomic E-state index is -0.133. The standard InChI is InChI=1S/C19H24FN/c1-14(2)17-9-7-15(8-10-17)11-16(13-21)12-18-5-3-4-6-19(18)20/h3-10,14,16H,11-13,21H2,1-2H3. The first kappa shape index (κ1) is 15.7. The van der Waals surface area contributed by atoms with E-state index in [1.165, 1.54) is 17.2 Å². The molecule has 2 N–H and O–H groups in total. The van der Waals surface area contributed by atoms with Crippen LogP contribution in [0.25, 0.3) is 0 Å². The van der Waals surface area contributed by atoms with E-state index in [1.807, 2.05) is 12.1 Å². The molecule has 2 aromatic rings. The van der Waals surface area contributed by atoms with Crippen molar-refractivity contribution in [1.29, 1.82) is 0 Å². The SMILES string of the molecule is CC(C)c1ccc(CC(CN)Cc2ccccc2F)cc1. The van der Waals surface area contributed by atoms with E-state index in [0.29, 0.717) is 18.9 Å². The molecule has 2 rings (SSSR count). The van der Waals surface area contributed by atoms with Gasteiger partial charge < -0.3 is 5.73 Å². The number of hydrogen-bond donors (Lipinski definition) is 1. The molecule has 0 radical (unpaired) electrons. The summed E-state index contributed by atoms with van der Waals surface area (Å²) in [5.41, 5.74) is 9.24. The molecule has 2 aromatic carbocycles. The molecule has 0 saturated carbocycles. The zero-order chi connectivity index (χ0) is 15.2. The van der Waals surface area contributed by atoms with Gasteiger partial charge in [-0.25, -0.2) is 4.39 Å². The minimum Gasteiger partial charge on any atom is -0.330 e. The maximum Gasteiger partial charge on any atom is 0.126 e. The monoisotopic (exact) mass is 285 g/mol. The predicted molar refractivity (Wildman–Crippen MR) is 86.9 cm³/mol. The zero-order valence-corrected chi connectivity index (χ0v) is 12.9. The topological polar surface area (TPSA) is 26.0 Å². The van der Waals surface area contributed by atoms with Gasteiger partial charge in [0.2, 0.25) is 0 Å². The quantitative estimate of drug-likeness (QED) is 0.841. The fourth-order valence-corrected chi connectivity index (χ4v) is 2.59. The Morgan fingerprint density at radius 3 is 2.19 bits per heavy atom. The van der Waals surface area contributed by atoms with E-state index in [1.54, 1.807) is 6.07 Å². The van der Waals surface area contributed by atoms with Crippen molar-refractivity contribution >= 4 is 0 Å². The molecule has 0 aliphatic carbocycles. The van der Waals surface area contributed by atoms with E-state index in [-0.39, 0.29) is 11.7 Å². The molecule has 0 spiro atoms. The number of benzene rings is 2. The van der Waals surface area contributed by atoms with Gasteiger partial charge in [0.25, 0.3) is 0 Å². The van der Waals surface area contributed by atoms with Crippen molar-refractivity contribution < 1.29 is 4.39 Å². The van der Waals surface area contributed by atoms with Crippen LogP contribution in [-0.4, -0.2) is 6.54 Å². The summed E-state index contributed by atoms with van der Waals surface area (Å²) in [6, 6.07) is 15.6. The molecule has 2 heteroatoms. The Labute approximate surface area is 127 Å². The number of hydrogen-bond acceptors (Lipinski definition) is 1. The smallest absolute Gasteiger partial charge is 0.126 e. The van der Waals surface area contributed by atoms with Crippen LogP contribution in [0, 0.1) is 11.7 Å². The van der Waals surface area contributed by atoms with E-state index in [9.17, 15) is 4.39 Å². The van der Waals surface area contributed by atoms with Gasteiger partial charge >= 0.3 is 0 Å². The average molecular weight is 285 g/mol.